The van der Waals surface area contributed by atoms with Crippen molar-refractivity contribution in [3.63, 3.8) is 0 Å². The number of carbonyl (C=O) groups is 1. The van der Waals surface area contributed by atoms with Crippen molar-refractivity contribution in [1.29, 1.82) is 0 Å². The SMILES string of the molecule is O=C(Nc1ccc(-n2ccnc2)cc1)[C@H]1C[C@H]2CC[C@H]1C2. The standard InChI is InChI=1S/C17H19N3O/c21-17(16-10-12-1-2-13(16)9-12)19-14-3-5-15(6-4-14)20-8-7-18-11-20/h3-8,11-13,16H,1-2,9-10H2,(H,19,21)/t12-,13-,16-/m0/s1. The molecule has 1 amide bonds. The smallest absolute Gasteiger partial charge is 0.227 e. The number of nitrogens with one attached hydrogen (secondary N) is 1. The molecule has 0 aliphatic heterocycles. The molecule has 4 rings (SSSR count). The fraction of sp³-hybridized carbons (Fsp3) is 0.412. The van der Waals surface area contributed by atoms with Gasteiger partial charge in [0.25, 0.3) is 0 Å². The van der Waals surface area contributed by atoms with E-state index in [4.69, 9.17) is 0 Å². The fourth-order valence-corrected chi connectivity index (χ4v) is 3.93. The molecule has 1 aromatic carbocycles. The summed E-state index contributed by atoms with van der Waals surface area (Å²) in [5, 5.41) is 3.08. The van der Waals surface area contributed by atoms with Gasteiger partial charge in [0.1, 0.15) is 0 Å². The predicted octanol–water partition coefficient (Wildman–Crippen LogP) is 3.25. The molecule has 21 heavy (non-hydrogen) atoms. The summed E-state index contributed by atoms with van der Waals surface area (Å²) in [6.07, 6.45) is 10.3. The van der Waals surface area contributed by atoms with Crippen LogP contribution >= 0.6 is 0 Å². The number of fused-ring (bicyclic) bond motifs is 2. The molecule has 1 N–H and O–H groups in total. The van der Waals surface area contributed by atoms with Gasteiger partial charge in [0.05, 0.1) is 6.33 Å². The van der Waals surface area contributed by atoms with Gasteiger partial charge in [0.15, 0.2) is 0 Å². The van der Waals surface area contributed by atoms with Crippen molar-refractivity contribution in [3.8, 4) is 5.69 Å². The van der Waals surface area contributed by atoms with Gasteiger partial charge in [0.2, 0.25) is 5.91 Å². The molecule has 0 radical (unpaired) electrons. The molecule has 0 saturated heterocycles. The maximum Gasteiger partial charge on any atom is 0.227 e. The van der Waals surface area contributed by atoms with E-state index < -0.39 is 0 Å². The normalized spacial score (nSPS) is 27.0. The maximum absolute atomic E-state index is 12.4. The van der Waals surface area contributed by atoms with Crippen LogP contribution in [-0.2, 0) is 4.79 Å². The van der Waals surface area contributed by atoms with Crippen molar-refractivity contribution in [3.05, 3.63) is 43.0 Å². The molecule has 2 aromatic rings. The summed E-state index contributed by atoms with van der Waals surface area (Å²) < 4.78 is 1.95. The summed E-state index contributed by atoms with van der Waals surface area (Å²) in [5.41, 5.74) is 1.93. The molecule has 2 aliphatic carbocycles. The number of rotatable bonds is 3. The molecule has 4 nitrogen and oxygen atoms in total. The van der Waals surface area contributed by atoms with Crippen LogP contribution in [0, 0.1) is 17.8 Å². The first-order valence-corrected chi connectivity index (χ1v) is 7.69. The van der Waals surface area contributed by atoms with E-state index in [0.717, 1.165) is 23.7 Å². The topological polar surface area (TPSA) is 46.9 Å². The highest BCUT2D eigenvalue weighted by atomic mass is 16.1. The van der Waals surface area contributed by atoms with E-state index >= 15 is 0 Å². The average Bonchev–Trinajstić information content (AvgIpc) is 3.25. The summed E-state index contributed by atoms with van der Waals surface area (Å²) in [6.45, 7) is 0. The summed E-state index contributed by atoms with van der Waals surface area (Å²) in [5.74, 6) is 1.87. The first-order chi connectivity index (χ1) is 10.3. The Hall–Kier alpha value is -2.10. The number of imidazole rings is 1. The number of amides is 1. The minimum absolute atomic E-state index is 0.206. The van der Waals surface area contributed by atoms with Crippen molar-refractivity contribution < 1.29 is 4.79 Å². The Balaban J connectivity index is 1.44. The lowest BCUT2D eigenvalue weighted by Crippen LogP contribution is -2.27. The Morgan fingerprint density at radius 1 is 1.19 bits per heavy atom. The Morgan fingerprint density at radius 2 is 2.05 bits per heavy atom. The second kappa shape index (κ2) is 5.02. The molecular weight excluding hydrogens is 262 g/mol. The maximum atomic E-state index is 12.4. The Kier molecular flexibility index (Phi) is 3.02. The lowest BCUT2D eigenvalue weighted by Gasteiger charge is -2.20. The first kappa shape index (κ1) is 12.6. The van der Waals surface area contributed by atoms with Crippen LogP contribution in [0.4, 0.5) is 5.69 Å². The molecule has 108 valence electrons. The zero-order valence-corrected chi connectivity index (χ0v) is 11.9. The Labute approximate surface area is 124 Å². The molecule has 0 spiro atoms. The molecule has 1 aromatic heterocycles. The van der Waals surface area contributed by atoms with Crippen LogP contribution in [0.3, 0.4) is 0 Å². The minimum atomic E-state index is 0.206. The molecule has 2 fully saturated rings. The fourth-order valence-electron chi connectivity index (χ4n) is 3.93. The van der Waals surface area contributed by atoms with Gasteiger partial charge in [0, 0.05) is 29.7 Å². The Morgan fingerprint density at radius 3 is 2.67 bits per heavy atom. The highest BCUT2D eigenvalue weighted by Gasteiger charge is 2.42. The molecule has 1 heterocycles. The second-order valence-electron chi connectivity index (χ2n) is 6.29. The van der Waals surface area contributed by atoms with Gasteiger partial charge in [-0.05, 0) is 55.4 Å². The van der Waals surface area contributed by atoms with Crippen LogP contribution < -0.4 is 5.32 Å². The van der Waals surface area contributed by atoms with Crippen LogP contribution in [0.5, 0.6) is 0 Å². The van der Waals surface area contributed by atoms with E-state index in [1.165, 1.54) is 19.3 Å². The molecular formula is C17H19N3O. The summed E-state index contributed by atoms with van der Waals surface area (Å²) in [7, 11) is 0. The number of benzene rings is 1. The molecule has 0 unspecified atom stereocenters. The summed E-state index contributed by atoms with van der Waals surface area (Å²) in [6, 6.07) is 7.91. The Bertz CT molecular complexity index is 633. The van der Waals surface area contributed by atoms with Crippen LogP contribution in [0.25, 0.3) is 5.69 Å². The number of aromatic nitrogens is 2. The van der Waals surface area contributed by atoms with Crippen LogP contribution in [-0.4, -0.2) is 15.5 Å². The van der Waals surface area contributed by atoms with Gasteiger partial charge in [-0.1, -0.05) is 6.42 Å². The molecule has 4 heteroatoms. The highest BCUT2D eigenvalue weighted by Crippen LogP contribution is 2.48. The number of carbonyl (C=O) groups excluding carboxylic acids is 1. The lowest BCUT2D eigenvalue weighted by molar-refractivity contribution is -0.121. The van der Waals surface area contributed by atoms with Gasteiger partial charge < -0.3 is 9.88 Å². The number of anilines is 1. The summed E-state index contributed by atoms with van der Waals surface area (Å²) in [4.78, 5) is 16.4. The van der Waals surface area contributed by atoms with E-state index in [1.54, 1.807) is 12.5 Å². The predicted molar refractivity (Wildman–Crippen MR) is 81.1 cm³/mol. The van der Waals surface area contributed by atoms with Gasteiger partial charge in [-0.15, -0.1) is 0 Å². The number of hydrogen-bond donors (Lipinski definition) is 1. The molecule has 2 saturated carbocycles. The second-order valence-corrected chi connectivity index (χ2v) is 6.29. The lowest BCUT2D eigenvalue weighted by atomic mass is 9.88. The van der Waals surface area contributed by atoms with Crippen LogP contribution in [0.15, 0.2) is 43.0 Å². The van der Waals surface area contributed by atoms with Gasteiger partial charge in [-0.2, -0.15) is 0 Å². The van der Waals surface area contributed by atoms with Crippen molar-refractivity contribution in [2.75, 3.05) is 5.32 Å². The van der Waals surface area contributed by atoms with E-state index in [2.05, 4.69) is 10.3 Å². The van der Waals surface area contributed by atoms with E-state index in [1.807, 2.05) is 35.0 Å². The van der Waals surface area contributed by atoms with Crippen molar-refractivity contribution >= 4 is 11.6 Å². The zero-order valence-electron chi connectivity index (χ0n) is 11.9. The number of nitrogens with zero attached hydrogens (tertiary/aromatic N) is 2. The monoisotopic (exact) mass is 281 g/mol. The highest BCUT2D eigenvalue weighted by molar-refractivity contribution is 5.93. The van der Waals surface area contributed by atoms with Crippen molar-refractivity contribution in [2.24, 2.45) is 17.8 Å². The van der Waals surface area contributed by atoms with E-state index in [9.17, 15) is 4.79 Å². The molecule has 2 aliphatic rings. The first-order valence-electron chi connectivity index (χ1n) is 7.69. The average molecular weight is 281 g/mol. The van der Waals surface area contributed by atoms with Gasteiger partial charge >= 0.3 is 0 Å². The third-order valence-electron chi connectivity index (χ3n) is 5.01. The van der Waals surface area contributed by atoms with Crippen molar-refractivity contribution in [1.82, 2.24) is 9.55 Å². The van der Waals surface area contributed by atoms with E-state index in [-0.39, 0.29) is 11.8 Å². The van der Waals surface area contributed by atoms with Gasteiger partial charge in [-0.3, -0.25) is 4.79 Å². The van der Waals surface area contributed by atoms with E-state index in [0.29, 0.717) is 5.92 Å². The largest absolute Gasteiger partial charge is 0.326 e. The summed E-state index contributed by atoms with van der Waals surface area (Å²) >= 11 is 0. The van der Waals surface area contributed by atoms with Crippen LogP contribution in [0.2, 0.25) is 0 Å². The third-order valence-corrected chi connectivity index (χ3v) is 5.01. The third kappa shape index (κ3) is 2.35. The zero-order chi connectivity index (χ0) is 14.2. The quantitative estimate of drug-likeness (QED) is 0.938. The molecule has 2 bridgehead atoms. The van der Waals surface area contributed by atoms with Crippen molar-refractivity contribution in [2.45, 2.75) is 25.7 Å². The number of hydrogen-bond acceptors (Lipinski definition) is 2. The minimum Gasteiger partial charge on any atom is -0.326 e. The molecule has 3 atom stereocenters. The van der Waals surface area contributed by atoms with Gasteiger partial charge in [-0.25, -0.2) is 4.98 Å². The van der Waals surface area contributed by atoms with Crippen LogP contribution in [0.1, 0.15) is 25.7 Å².